The van der Waals surface area contributed by atoms with E-state index >= 15 is 0 Å². The van der Waals surface area contributed by atoms with Crippen molar-refractivity contribution in [3.05, 3.63) is 33.1 Å². The van der Waals surface area contributed by atoms with Gasteiger partial charge in [-0.2, -0.15) is 0 Å². The van der Waals surface area contributed by atoms with E-state index in [1.807, 2.05) is 0 Å². The van der Waals surface area contributed by atoms with Crippen LogP contribution >= 0.6 is 0 Å². The average Bonchev–Trinajstić information content (AvgIpc) is 2.67. The second-order valence-corrected chi connectivity index (χ2v) is 4.80. The minimum atomic E-state index is -0.602. The third kappa shape index (κ3) is 2.12. The predicted octanol–water partition coefficient (Wildman–Crippen LogP) is -1.18. The fourth-order valence-electron chi connectivity index (χ4n) is 2.18. The standard InChI is InChI=1S/C11H16N2O5/c1-11(6-15)4-9(18-7(11)5-14)13-3-2-8(16)12-10(13)17/h2-3,7,9,14-15H,4-6H2,1H3,(H,12,16,17)/t7-,9?,11-/m1/s1. The summed E-state index contributed by atoms with van der Waals surface area (Å²) in [6, 6.07) is 1.23. The molecule has 1 aromatic rings. The Morgan fingerprint density at radius 3 is 2.78 bits per heavy atom. The van der Waals surface area contributed by atoms with Gasteiger partial charge in [0.25, 0.3) is 5.56 Å². The summed E-state index contributed by atoms with van der Waals surface area (Å²) in [6.45, 7) is 1.41. The van der Waals surface area contributed by atoms with Crippen LogP contribution in [0.5, 0.6) is 0 Å². The van der Waals surface area contributed by atoms with Gasteiger partial charge in [-0.05, 0) is 0 Å². The first-order valence-corrected chi connectivity index (χ1v) is 5.69. The number of aliphatic hydroxyl groups excluding tert-OH is 2. The molecule has 0 radical (unpaired) electrons. The summed E-state index contributed by atoms with van der Waals surface area (Å²) in [4.78, 5) is 24.7. The van der Waals surface area contributed by atoms with Gasteiger partial charge in [0.1, 0.15) is 6.23 Å². The Balaban J connectivity index is 2.32. The smallest absolute Gasteiger partial charge is 0.330 e. The van der Waals surface area contributed by atoms with Crippen molar-refractivity contribution in [3.63, 3.8) is 0 Å². The molecule has 2 rings (SSSR count). The molecule has 1 unspecified atom stereocenters. The maximum Gasteiger partial charge on any atom is 0.330 e. The first kappa shape index (κ1) is 13.0. The van der Waals surface area contributed by atoms with Crippen LogP contribution in [0.25, 0.3) is 0 Å². The van der Waals surface area contributed by atoms with E-state index in [4.69, 9.17) is 4.74 Å². The third-order valence-electron chi connectivity index (χ3n) is 3.43. The van der Waals surface area contributed by atoms with Gasteiger partial charge in [0.2, 0.25) is 0 Å². The number of aromatic nitrogens is 2. The van der Waals surface area contributed by atoms with Gasteiger partial charge in [-0.1, -0.05) is 6.92 Å². The van der Waals surface area contributed by atoms with E-state index in [-0.39, 0.29) is 13.2 Å². The molecule has 7 heteroatoms. The lowest BCUT2D eigenvalue weighted by atomic mass is 9.84. The van der Waals surface area contributed by atoms with Crippen molar-refractivity contribution in [2.75, 3.05) is 13.2 Å². The number of aromatic amines is 1. The largest absolute Gasteiger partial charge is 0.396 e. The minimum Gasteiger partial charge on any atom is -0.396 e. The highest BCUT2D eigenvalue weighted by Crippen LogP contribution is 2.41. The Hall–Kier alpha value is -1.44. The van der Waals surface area contributed by atoms with Gasteiger partial charge in [-0.3, -0.25) is 14.3 Å². The molecule has 1 aromatic heterocycles. The van der Waals surface area contributed by atoms with Gasteiger partial charge in [0.15, 0.2) is 0 Å². The molecule has 0 aliphatic carbocycles. The second-order valence-electron chi connectivity index (χ2n) is 4.80. The molecule has 0 bridgehead atoms. The molecule has 0 aromatic carbocycles. The van der Waals surface area contributed by atoms with Crippen LogP contribution in [-0.2, 0) is 4.74 Å². The first-order chi connectivity index (χ1) is 8.50. The molecular weight excluding hydrogens is 240 g/mol. The van der Waals surface area contributed by atoms with Crippen LogP contribution in [0.2, 0.25) is 0 Å². The Labute approximate surface area is 103 Å². The van der Waals surface area contributed by atoms with E-state index in [0.29, 0.717) is 6.42 Å². The first-order valence-electron chi connectivity index (χ1n) is 5.69. The third-order valence-corrected chi connectivity index (χ3v) is 3.43. The summed E-state index contributed by atoms with van der Waals surface area (Å²) in [6.07, 6.45) is 0.610. The van der Waals surface area contributed by atoms with E-state index in [9.17, 15) is 19.8 Å². The van der Waals surface area contributed by atoms with Crippen LogP contribution in [-0.4, -0.2) is 39.1 Å². The summed E-state index contributed by atoms with van der Waals surface area (Å²) in [5.74, 6) is 0. The number of hydrogen-bond donors (Lipinski definition) is 3. The fourth-order valence-corrected chi connectivity index (χ4v) is 2.18. The van der Waals surface area contributed by atoms with Crippen molar-refractivity contribution in [1.29, 1.82) is 0 Å². The van der Waals surface area contributed by atoms with Gasteiger partial charge in [0.05, 0.1) is 19.3 Å². The SMILES string of the molecule is C[C@]1(CO)CC(n2ccc(=O)[nH]c2=O)O[C@@H]1CO. The van der Waals surface area contributed by atoms with E-state index in [1.165, 1.54) is 16.8 Å². The lowest BCUT2D eigenvalue weighted by Gasteiger charge is -2.25. The summed E-state index contributed by atoms with van der Waals surface area (Å²) < 4.78 is 6.81. The minimum absolute atomic E-state index is 0.146. The Bertz CT molecular complexity index is 537. The molecule has 1 saturated heterocycles. The molecule has 3 atom stereocenters. The summed E-state index contributed by atoms with van der Waals surface area (Å²) >= 11 is 0. The topological polar surface area (TPSA) is 105 Å². The van der Waals surface area contributed by atoms with Gasteiger partial charge in [-0.25, -0.2) is 4.79 Å². The average molecular weight is 256 g/mol. The normalized spacial score (nSPS) is 31.7. The molecule has 3 N–H and O–H groups in total. The number of hydrogen-bond acceptors (Lipinski definition) is 5. The summed E-state index contributed by atoms with van der Waals surface area (Å²) in [7, 11) is 0. The fraction of sp³-hybridized carbons (Fsp3) is 0.636. The van der Waals surface area contributed by atoms with Crippen LogP contribution < -0.4 is 11.2 Å². The van der Waals surface area contributed by atoms with Crippen molar-refractivity contribution >= 4 is 0 Å². The highest BCUT2D eigenvalue weighted by atomic mass is 16.5. The van der Waals surface area contributed by atoms with Gasteiger partial charge in [0, 0.05) is 24.1 Å². The van der Waals surface area contributed by atoms with Crippen LogP contribution in [0.15, 0.2) is 21.9 Å². The van der Waals surface area contributed by atoms with E-state index in [0.717, 1.165) is 0 Å². The van der Waals surface area contributed by atoms with Gasteiger partial charge >= 0.3 is 5.69 Å². The summed E-state index contributed by atoms with van der Waals surface area (Å²) in [5, 5.41) is 18.6. The number of aliphatic hydroxyl groups is 2. The zero-order chi connectivity index (χ0) is 13.3. The number of ether oxygens (including phenoxy) is 1. The number of nitrogens with zero attached hydrogens (tertiary/aromatic N) is 1. The molecule has 100 valence electrons. The molecule has 0 amide bonds. The molecule has 7 nitrogen and oxygen atoms in total. The molecule has 1 aliphatic heterocycles. The zero-order valence-electron chi connectivity index (χ0n) is 10.00. The lowest BCUT2D eigenvalue weighted by Crippen LogP contribution is -2.34. The van der Waals surface area contributed by atoms with Crippen molar-refractivity contribution in [2.45, 2.75) is 25.7 Å². The van der Waals surface area contributed by atoms with E-state index in [1.54, 1.807) is 6.92 Å². The van der Waals surface area contributed by atoms with Crippen molar-refractivity contribution in [2.24, 2.45) is 5.41 Å². The zero-order valence-corrected chi connectivity index (χ0v) is 10.00. The highest BCUT2D eigenvalue weighted by Gasteiger charge is 2.45. The van der Waals surface area contributed by atoms with E-state index < -0.39 is 29.0 Å². The maximum atomic E-state index is 11.6. The molecule has 2 heterocycles. The molecule has 0 saturated carbocycles. The Morgan fingerprint density at radius 1 is 1.56 bits per heavy atom. The summed E-state index contributed by atoms with van der Waals surface area (Å²) in [5.41, 5.74) is -1.64. The Kier molecular flexibility index (Phi) is 3.38. The lowest BCUT2D eigenvalue weighted by molar-refractivity contribution is -0.0541. The van der Waals surface area contributed by atoms with Crippen LogP contribution in [0.4, 0.5) is 0 Å². The van der Waals surface area contributed by atoms with Crippen LogP contribution in [0.1, 0.15) is 19.6 Å². The van der Waals surface area contributed by atoms with Crippen molar-refractivity contribution in [3.8, 4) is 0 Å². The van der Waals surface area contributed by atoms with Gasteiger partial charge < -0.3 is 14.9 Å². The quantitative estimate of drug-likeness (QED) is 0.631. The molecule has 1 aliphatic rings. The van der Waals surface area contributed by atoms with Crippen molar-refractivity contribution in [1.82, 2.24) is 9.55 Å². The van der Waals surface area contributed by atoms with Crippen LogP contribution in [0, 0.1) is 5.41 Å². The number of rotatable bonds is 3. The second kappa shape index (κ2) is 4.68. The number of H-pyrrole nitrogens is 1. The monoisotopic (exact) mass is 256 g/mol. The molecular formula is C11H16N2O5. The molecule has 18 heavy (non-hydrogen) atoms. The van der Waals surface area contributed by atoms with E-state index in [2.05, 4.69) is 4.98 Å². The van der Waals surface area contributed by atoms with Crippen LogP contribution in [0.3, 0.4) is 0 Å². The Morgan fingerprint density at radius 2 is 2.28 bits per heavy atom. The highest BCUT2D eigenvalue weighted by molar-refractivity contribution is 4.93. The molecule has 1 fully saturated rings. The predicted molar refractivity (Wildman–Crippen MR) is 62.1 cm³/mol. The van der Waals surface area contributed by atoms with Gasteiger partial charge in [-0.15, -0.1) is 0 Å². The molecule has 0 spiro atoms. The number of nitrogens with one attached hydrogen (secondary N) is 1. The maximum absolute atomic E-state index is 11.6. The van der Waals surface area contributed by atoms with Crippen molar-refractivity contribution < 1.29 is 14.9 Å².